The van der Waals surface area contributed by atoms with E-state index in [9.17, 15) is 4.79 Å². The number of aliphatic imine (C=N–C) groups is 1. The minimum Gasteiger partial charge on any atom is -0.393 e. The zero-order chi connectivity index (χ0) is 15.6. The summed E-state index contributed by atoms with van der Waals surface area (Å²) < 4.78 is 5.54. The number of hydrogen-bond donors (Lipinski definition) is 1. The summed E-state index contributed by atoms with van der Waals surface area (Å²) in [6.45, 7) is 0. The molecule has 22 heavy (non-hydrogen) atoms. The van der Waals surface area contributed by atoms with Gasteiger partial charge in [0.05, 0.1) is 12.5 Å². The van der Waals surface area contributed by atoms with E-state index in [1.807, 2.05) is 6.26 Å². The van der Waals surface area contributed by atoms with Gasteiger partial charge in [-0.2, -0.15) is 11.8 Å². The summed E-state index contributed by atoms with van der Waals surface area (Å²) in [5.74, 6) is 0.645. The van der Waals surface area contributed by atoms with Crippen molar-refractivity contribution in [3.63, 3.8) is 0 Å². The summed E-state index contributed by atoms with van der Waals surface area (Å²) in [6.07, 6.45) is 14.7. The van der Waals surface area contributed by atoms with Crippen LogP contribution in [0.1, 0.15) is 70.6 Å². The summed E-state index contributed by atoms with van der Waals surface area (Å²) in [5.41, 5.74) is 0. The third-order valence-corrected chi connectivity index (χ3v) is 5.14. The van der Waals surface area contributed by atoms with Gasteiger partial charge in [0.1, 0.15) is 0 Å². The molecule has 0 atom stereocenters. The molecule has 2 aliphatic rings. The highest BCUT2D eigenvalue weighted by Crippen LogP contribution is 2.21. The number of carbonyl (C=O) groups is 1. The van der Waals surface area contributed by atoms with Crippen molar-refractivity contribution in [2.45, 2.75) is 82.7 Å². The fraction of sp³-hybridized carbons (Fsp3) is 0.882. The van der Waals surface area contributed by atoms with Crippen LogP contribution >= 0.6 is 11.8 Å². The lowest BCUT2D eigenvalue weighted by Crippen LogP contribution is -2.39. The highest BCUT2D eigenvalue weighted by molar-refractivity contribution is 7.98. The molecule has 0 unspecified atom stereocenters. The van der Waals surface area contributed by atoms with Crippen molar-refractivity contribution >= 4 is 23.8 Å². The fourth-order valence-electron chi connectivity index (χ4n) is 3.23. The van der Waals surface area contributed by atoms with E-state index in [2.05, 4.69) is 5.32 Å². The Bertz CT molecular complexity index is 362. The van der Waals surface area contributed by atoms with Crippen molar-refractivity contribution in [3.05, 3.63) is 0 Å². The maximum absolute atomic E-state index is 11.9. The summed E-state index contributed by atoms with van der Waals surface area (Å²) in [5, 5.41) is 3.41. The normalized spacial score (nSPS) is 21.6. The Morgan fingerprint density at radius 1 is 1.09 bits per heavy atom. The summed E-state index contributed by atoms with van der Waals surface area (Å²) >= 11 is 1.67. The van der Waals surface area contributed by atoms with E-state index in [1.165, 1.54) is 38.5 Å². The summed E-state index contributed by atoms with van der Waals surface area (Å²) in [4.78, 5) is 16.7. The number of rotatable bonds is 5. The molecule has 0 saturated heterocycles. The second-order valence-corrected chi connectivity index (χ2v) is 7.41. The van der Waals surface area contributed by atoms with E-state index in [4.69, 9.17) is 9.73 Å². The molecule has 0 spiro atoms. The van der Waals surface area contributed by atoms with E-state index in [1.54, 1.807) is 11.8 Å². The second kappa shape index (κ2) is 10.1. The number of nitrogens with one attached hydrogen (secondary N) is 1. The molecule has 0 heterocycles. The van der Waals surface area contributed by atoms with Crippen molar-refractivity contribution in [3.8, 4) is 0 Å². The Morgan fingerprint density at radius 2 is 1.73 bits per heavy atom. The van der Waals surface area contributed by atoms with Crippen molar-refractivity contribution in [2.24, 2.45) is 4.99 Å². The molecule has 5 heteroatoms. The van der Waals surface area contributed by atoms with Crippen LogP contribution in [0, 0.1) is 0 Å². The van der Waals surface area contributed by atoms with E-state index < -0.39 is 0 Å². The first-order valence-electron chi connectivity index (χ1n) is 8.82. The molecule has 0 aromatic heterocycles. The Morgan fingerprint density at radius 3 is 2.36 bits per heavy atom. The van der Waals surface area contributed by atoms with Gasteiger partial charge < -0.3 is 10.1 Å². The van der Waals surface area contributed by atoms with Gasteiger partial charge >= 0.3 is 5.97 Å². The third-order valence-electron chi connectivity index (χ3n) is 4.53. The zero-order valence-corrected chi connectivity index (χ0v) is 14.6. The van der Waals surface area contributed by atoms with Crippen LogP contribution in [0.5, 0.6) is 0 Å². The number of hydrogen-bond acceptors (Lipinski definition) is 4. The van der Waals surface area contributed by atoms with Gasteiger partial charge in [0.15, 0.2) is 0 Å². The van der Waals surface area contributed by atoms with Crippen LogP contribution in [0.3, 0.4) is 0 Å². The summed E-state index contributed by atoms with van der Waals surface area (Å²) in [7, 11) is 0. The number of nitrogens with zero attached hydrogens (tertiary/aromatic N) is 1. The number of thioether (sulfide) groups is 1. The first-order chi connectivity index (χ1) is 10.8. The van der Waals surface area contributed by atoms with Gasteiger partial charge in [0.25, 0.3) is 6.02 Å². The molecule has 0 aromatic carbocycles. The quantitative estimate of drug-likeness (QED) is 0.473. The molecule has 2 aliphatic carbocycles. The largest absolute Gasteiger partial charge is 0.393 e. The number of ether oxygens (including phenoxy) is 1. The molecular weight excluding hydrogens is 296 g/mol. The average molecular weight is 327 g/mol. The van der Waals surface area contributed by atoms with Gasteiger partial charge in [0, 0.05) is 11.8 Å². The van der Waals surface area contributed by atoms with Crippen molar-refractivity contribution in [2.75, 3.05) is 12.0 Å². The lowest BCUT2D eigenvalue weighted by atomic mass is 9.95. The average Bonchev–Trinajstić information content (AvgIpc) is 2.55. The minimum atomic E-state index is -0.160. The van der Waals surface area contributed by atoms with Gasteiger partial charge in [-0.1, -0.05) is 38.5 Å². The molecule has 1 N–H and O–H groups in total. The predicted molar refractivity (Wildman–Crippen MR) is 93.4 cm³/mol. The van der Waals surface area contributed by atoms with Gasteiger partial charge in [-0.3, -0.25) is 4.79 Å². The fourth-order valence-corrected chi connectivity index (χ4v) is 3.61. The van der Waals surface area contributed by atoms with Crippen molar-refractivity contribution in [1.29, 1.82) is 0 Å². The van der Waals surface area contributed by atoms with Gasteiger partial charge in [-0.05, 0) is 31.9 Å². The van der Waals surface area contributed by atoms with Crippen LogP contribution in [0.15, 0.2) is 4.99 Å². The Kier molecular flexibility index (Phi) is 8.13. The molecule has 4 nitrogen and oxygen atoms in total. The SMILES string of the molecule is CSCCC(=O)OC(=NC1CCCCC1)NC1CCCCC1. The predicted octanol–water partition coefficient (Wildman–Crippen LogP) is 3.89. The second-order valence-electron chi connectivity index (χ2n) is 6.42. The monoisotopic (exact) mass is 326 g/mol. The Hall–Kier alpha value is -0.710. The maximum atomic E-state index is 11.9. The molecule has 2 saturated carbocycles. The molecule has 0 amide bonds. The van der Waals surface area contributed by atoms with Crippen molar-refractivity contribution in [1.82, 2.24) is 5.32 Å². The minimum absolute atomic E-state index is 0.160. The highest BCUT2D eigenvalue weighted by atomic mass is 32.2. The molecular formula is C17H30N2O2S. The smallest absolute Gasteiger partial charge is 0.314 e. The van der Waals surface area contributed by atoms with Crippen LogP contribution in [0.25, 0.3) is 0 Å². The molecule has 0 aliphatic heterocycles. The Labute approximate surface area is 138 Å². The van der Waals surface area contributed by atoms with Crippen LogP contribution in [0.2, 0.25) is 0 Å². The van der Waals surface area contributed by atoms with Crippen LogP contribution < -0.4 is 5.32 Å². The third kappa shape index (κ3) is 6.59. The van der Waals surface area contributed by atoms with Gasteiger partial charge in [-0.25, -0.2) is 4.99 Å². The van der Waals surface area contributed by atoms with Crippen LogP contribution in [0.4, 0.5) is 0 Å². The van der Waals surface area contributed by atoms with Crippen molar-refractivity contribution < 1.29 is 9.53 Å². The lowest BCUT2D eigenvalue weighted by molar-refractivity contribution is -0.135. The van der Waals surface area contributed by atoms with Crippen LogP contribution in [-0.4, -0.2) is 36.1 Å². The number of esters is 1. The molecule has 0 aromatic rings. The lowest BCUT2D eigenvalue weighted by Gasteiger charge is -2.25. The number of amidine groups is 1. The Balaban J connectivity index is 1.92. The molecule has 0 bridgehead atoms. The highest BCUT2D eigenvalue weighted by Gasteiger charge is 2.20. The van der Waals surface area contributed by atoms with Gasteiger partial charge in [0.2, 0.25) is 0 Å². The van der Waals surface area contributed by atoms with E-state index in [0.717, 1.165) is 31.4 Å². The topological polar surface area (TPSA) is 50.7 Å². The number of carbonyl (C=O) groups excluding carboxylic acids is 1. The first-order valence-corrected chi connectivity index (χ1v) is 10.2. The molecule has 126 valence electrons. The molecule has 0 radical (unpaired) electrons. The van der Waals surface area contributed by atoms with E-state index >= 15 is 0 Å². The van der Waals surface area contributed by atoms with Crippen LogP contribution in [-0.2, 0) is 9.53 Å². The maximum Gasteiger partial charge on any atom is 0.314 e. The summed E-state index contributed by atoms with van der Waals surface area (Å²) in [6, 6.07) is 1.24. The first kappa shape index (κ1) is 17.6. The molecule has 2 fully saturated rings. The standard InChI is InChI=1S/C17H30N2O2S/c1-22-13-12-16(20)21-17(18-14-8-4-2-5-9-14)19-15-10-6-3-7-11-15/h14-15H,2-13H2,1H3,(H,18,19). The van der Waals surface area contributed by atoms with E-state index in [0.29, 0.717) is 24.5 Å². The van der Waals surface area contributed by atoms with Gasteiger partial charge in [-0.15, -0.1) is 0 Å². The molecule has 2 rings (SSSR count). The zero-order valence-electron chi connectivity index (χ0n) is 13.8. The van der Waals surface area contributed by atoms with E-state index in [-0.39, 0.29) is 5.97 Å².